The number of amides is 2. The maximum atomic E-state index is 12.6. The lowest BCUT2D eigenvalue weighted by molar-refractivity contribution is 0.0472. The Hall–Kier alpha value is -3.25. The Balaban J connectivity index is 1.51. The van der Waals surface area contributed by atoms with Gasteiger partial charge in [0.2, 0.25) is 0 Å². The van der Waals surface area contributed by atoms with E-state index >= 15 is 0 Å². The molecule has 29 heavy (non-hydrogen) atoms. The molecule has 0 radical (unpaired) electrons. The van der Waals surface area contributed by atoms with Gasteiger partial charge in [0.1, 0.15) is 6.61 Å². The zero-order chi connectivity index (χ0) is 20.4. The second kappa shape index (κ2) is 8.01. The number of hydrogen-bond acceptors (Lipinski definition) is 4. The normalized spacial score (nSPS) is 12.8. The number of halogens is 1. The van der Waals surface area contributed by atoms with E-state index in [0.717, 1.165) is 5.56 Å². The molecule has 0 N–H and O–H groups in total. The van der Waals surface area contributed by atoms with Crippen LogP contribution in [0.15, 0.2) is 77.3 Å². The molecule has 1 aliphatic heterocycles. The lowest BCUT2D eigenvalue weighted by atomic mass is 10.1. The molecule has 6 heteroatoms. The van der Waals surface area contributed by atoms with Gasteiger partial charge in [-0.2, -0.15) is 0 Å². The predicted octanol–water partition coefficient (Wildman–Crippen LogP) is 4.60. The average Bonchev–Trinajstić information content (AvgIpc) is 2.97. The molecule has 0 saturated heterocycles. The number of rotatable bonds is 5. The predicted molar refractivity (Wildman–Crippen MR) is 110 cm³/mol. The van der Waals surface area contributed by atoms with Crippen molar-refractivity contribution in [2.75, 3.05) is 0 Å². The van der Waals surface area contributed by atoms with Gasteiger partial charge in [-0.3, -0.25) is 14.5 Å². The zero-order valence-electron chi connectivity index (χ0n) is 15.3. The third-order valence-electron chi connectivity index (χ3n) is 4.62. The van der Waals surface area contributed by atoms with E-state index < -0.39 is 5.97 Å². The van der Waals surface area contributed by atoms with Gasteiger partial charge in [0.05, 0.1) is 23.2 Å². The lowest BCUT2D eigenvalue weighted by Crippen LogP contribution is -2.29. The molecule has 0 saturated carbocycles. The fourth-order valence-corrected chi connectivity index (χ4v) is 3.77. The van der Waals surface area contributed by atoms with Gasteiger partial charge >= 0.3 is 5.97 Å². The van der Waals surface area contributed by atoms with E-state index in [1.165, 1.54) is 4.90 Å². The Morgan fingerprint density at radius 1 is 0.828 bits per heavy atom. The first-order chi connectivity index (χ1) is 14.0. The van der Waals surface area contributed by atoms with Crippen LogP contribution in [0.3, 0.4) is 0 Å². The van der Waals surface area contributed by atoms with Crippen molar-refractivity contribution >= 4 is 33.7 Å². The second-order valence-electron chi connectivity index (χ2n) is 6.65. The molecule has 0 atom stereocenters. The minimum Gasteiger partial charge on any atom is -0.457 e. The Labute approximate surface area is 176 Å². The van der Waals surface area contributed by atoms with Crippen LogP contribution >= 0.6 is 15.9 Å². The number of imide groups is 1. The van der Waals surface area contributed by atoms with Crippen LogP contribution in [-0.2, 0) is 17.9 Å². The van der Waals surface area contributed by atoms with Gasteiger partial charge in [0.25, 0.3) is 11.8 Å². The minimum atomic E-state index is -0.473. The number of hydrogen-bond donors (Lipinski definition) is 0. The highest BCUT2D eigenvalue weighted by molar-refractivity contribution is 9.10. The summed E-state index contributed by atoms with van der Waals surface area (Å²) < 4.78 is 6.04. The fourth-order valence-electron chi connectivity index (χ4n) is 3.23. The number of carbonyl (C=O) groups is 3. The summed E-state index contributed by atoms with van der Waals surface area (Å²) in [5.74, 6) is -1.14. The molecule has 4 rings (SSSR count). The third-order valence-corrected chi connectivity index (χ3v) is 5.08. The molecule has 2 amide bonds. The van der Waals surface area contributed by atoms with Crippen molar-refractivity contribution in [2.45, 2.75) is 13.2 Å². The van der Waals surface area contributed by atoms with Crippen molar-refractivity contribution in [3.8, 4) is 0 Å². The van der Waals surface area contributed by atoms with Crippen molar-refractivity contribution in [1.82, 2.24) is 4.90 Å². The van der Waals surface area contributed by atoms with Crippen LogP contribution in [0.1, 0.15) is 42.2 Å². The number of carbonyl (C=O) groups excluding carboxylic acids is 3. The van der Waals surface area contributed by atoms with E-state index in [9.17, 15) is 14.4 Å². The standard InChI is InChI=1S/C23H16BrNO4/c24-18-11-16(13-25-21(26)19-8-4-5-9-20(19)22(25)27)10-17(12-18)23(28)29-14-15-6-2-1-3-7-15/h1-12H,13-14H2. The molecule has 0 spiro atoms. The minimum absolute atomic E-state index is 0.0742. The molecule has 1 heterocycles. The summed E-state index contributed by atoms with van der Waals surface area (Å²) in [7, 11) is 0. The Kier molecular flexibility index (Phi) is 5.27. The second-order valence-corrected chi connectivity index (χ2v) is 7.57. The summed E-state index contributed by atoms with van der Waals surface area (Å²) in [6.45, 7) is 0.241. The van der Waals surface area contributed by atoms with Gasteiger partial charge in [-0.25, -0.2) is 4.79 Å². The Morgan fingerprint density at radius 2 is 1.45 bits per heavy atom. The Morgan fingerprint density at radius 3 is 2.10 bits per heavy atom. The van der Waals surface area contributed by atoms with Crippen LogP contribution in [0.4, 0.5) is 0 Å². The number of benzene rings is 3. The first-order valence-electron chi connectivity index (χ1n) is 8.98. The molecular formula is C23H16BrNO4. The first kappa shape index (κ1) is 19.1. The maximum Gasteiger partial charge on any atom is 0.338 e. The molecule has 3 aromatic carbocycles. The van der Waals surface area contributed by atoms with Gasteiger partial charge in [-0.1, -0.05) is 58.4 Å². The van der Waals surface area contributed by atoms with Crippen LogP contribution in [0.25, 0.3) is 0 Å². The van der Waals surface area contributed by atoms with Crippen LogP contribution in [-0.4, -0.2) is 22.7 Å². The highest BCUT2D eigenvalue weighted by Gasteiger charge is 2.35. The molecule has 1 aliphatic rings. The quantitative estimate of drug-likeness (QED) is 0.421. The molecular weight excluding hydrogens is 434 g/mol. The topological polar surface area (TPSA) is 63.7 Å². The van der Waals surface area contributed by atoms with Crippen molar-refractivity contribution in [1.29, 1.82) is 0 Å². The van der Waals surface area contributed by atoms with E-state index in [4.69, 9.17) is 4.74 Å². The summed E-state index contributed by atoms with van der Waals surface area (Å²) in [6.07, 6.45) is 0. The van der Waals surface area contributed by atoms with Gasteiger partial charge < -0.3 is 4.74 Å². The average molecular weight is 450 g/mol. The molecule has 0 fully saturated rings. The smallest absolute Gasteiger partial charge is 0.338 e. The van der Waals surface area contributed by atoms with Gasteiger partial charge in [0, 0.05) is 4.47 Å². The van der Waals surface area contributed by atoms with Crippen molar-refractivity contribution < 1.29 is 19.1 Å². The van der Waals surface area contributed by atoms with Crippen molar-refractivity contribution in [3.05, 3.63) is 105 Å². The van der Waals surface area contributed by atoms with Crippen molar-refractivity contribution in [3.63, 3.8) is 0 Å². The molecule has 0 aromatic heterocycles. The van der Waals surface area contributed by atoms with E-state index in [-0.39, 0.29) is 25.0 Å². The number of ether oxygens (including phenoxy) is 1. The molecule has 0 aliphatic carbocycles. The monoisotopic (exact) mass is 449 g/mol. The highest BCUT2D eigenvalue weighted by atomic mass is 79.9. The van der Waals surface area contributed by atoms with Crippen molar-refractivity contribution in [2.24, 2.45) is 0 Å². The molecule has 3 aromatic rings. The SMILES string of the molecule is O=C(OCc1ccccc1)c1cc(Br)cc(CN2C(=O)c3ccccc3C2=O)c1. The molecule has 0 bridgehead atoms. The van der Waals surface area contributed by atoms with Crippen LogP contribution < -0.4 is 0 Å². The van der Waals surface area contributed by atoms with Crippen LogP contribution in [0.2, 0.25) is 0 Å². The van der Waals surface area contributed by atoms with Gasteiger partial charge in [-0.15, -0.1) is 0 Å². The summed E-state index contributed by atoms with van der Waals surface area (Å²) in [5.41, 5.74) is 2.69. The third kappa shape index (κ3) is 3.98. The van der Waals surface area contributed by atoms with Crippen LogP contribution in [0, 0.1) is 0 Å². The number of nitrogens with zero attached hydrogens (tertiary/aromatic N) is 1. The highest BCUT2D eigenvalue weighted by Crippen LogP contribution is 2.26. The lowest BCUT2D eigenvalue weighted by Gasteiger charge is -2.15. The molecule has 144 valence electrons. The molecule has 5 nitrogen and oxygen atoms in total. The summed E-state index contributed by atoms with van der Waals surface area (Å²) in [6, 6.07) is 21.2. The number of fused-ring (bicyclic) bond motifs is 1. The Bertz CT molecular complexity index is 1080. The van der Waals surface area contributed by atoms with E-state index in [0.29, 0.717) is 26.7 Å². The van der Waals surface area contributed by atoms with Gasteiger partial charge in [0.15, 0.2) is 0 Å². The summed E-state index contributed by atoms with van der Waals surface area (Å²) in [4.78, 5) is 38.8. The fraction of sp³-hybridized carbons (Fsp3) is 0.0870. The largest absolute Gasteiger partial charge is 0.457 e. The zero-order valence-corrected chi connectivity index (χ0v) is 16.9. The van der Waals surface area contributed by atoms with Crippen LogP contribution in [0.5, 0.6) is 0 Å². The molecule has 0 unspecified atom stereocenters. The first-order valence-corrected chi connectivity index (χ1v) is 9.78. The van der Waals surface area contributed by atoms with E-state index in [1.807, 2.05) is 30.3 Å². The number of esters is 1. The summed E-state index contributed by atoms with van der Waals surface area (Å²) in [5, 5.41) is 0. The van der Waals surface area contributed by atoms with E-state index in [2.05, 4.69) is 15.9 Å². The van der Waals surface area contributed by atoms with E-state index in [1.54, 1.807) is 42.5 Å². The maximum absolute atomic E-state index is 12.6. The van der Waals surface area contributed by atoms with Gasteiger partial charge in [-0.05, 0) is 41.5 Å². The summed E-state index contributed by atoms with van der Waals surface area (Å²) >= 11 is 3.39.